The van der Waals surface area contributed by atoms with Crippen LogP contribution in [0.2, 0.25) is 0 Å². The number of carbonyl (C=O) groups excluding carboxylic acids is 1. The molecule has 3 aromatic rings. The fourth-order valence-corrected chi connectivity index (χ4v) is 4.07. The van der Waals surface area contributed by atoms with Gasteiger partial charge in [-0.05, 0) is 38.5 Å². The Kier molecular flexibility index (Phi) is 5.81. The number of aryl methyl sites for hydroxylation is 2. The minimum Gasteiger partial charge on any atom is -0.497 e. The molecule has 2 atom stereocenters. The quantitative estimate of drug-likeness (QED) is 0.589. The van der Waals surface area contributed by atoms with Crippen molar-refractivity contribution in [1.29, 1.82) is 0 Å². The Bertz CT molecular complexity index is 1020. The van der Waals surface area contributed by atoms with E-state index in [1.54, 1.807) is 24.5 Å². The van der Waals surface area contributed by atoms with Crippen molar-refractivity contribution < 1.29 is 14.4 Å². The number of aromatic nitrogens is 2. The van der Waals surface area contributed by atoms with E-state index >= 15 is 0 Å². The zero-order valence-electron chi connectivity index (χ0n) is 16.8. The number of thiophene rings is 1. The molecule has 28 heavy (non-hydrogen) atoms. The summed E-state index contributed by atoms with van der Waals surface area (Å²) in [7, 11) is 3.55. The summed E-state index contributed by atoms with van der Waals surface area (Å²) < 4.78 is 5.19. The second-order valence-corrected chi connectivity index (χ2v) is 8.16. The standard InChI is InChI=1S/C20H25N5O2S/c1-11-13(3)28-20-17(11)18(21)23-19(24-20)12(2)25(4)10-16(26)22-14-7-6-8-15(9-14)27-5/h6-9,12H,10H2,1-5H3,(H,22,26)(H2,21,23,24)/p+1. The van der Waals surface area contributed by atoms with Gasteiger partial charge in [-0.3, -0.25) is 4.79 Å². The van der Waals surface area contributed by atoms with E-state index in [4.69, 9.17) is 15.5 Å². The molecule has 2 aromatic heterocycles. The molecule has 0 aliphatic carbocycles. The highest BCUT2D eigenvalue weighted by Gasteiger charge is 2.23. The monoisotopic (exact) mass is 400 g/mol. The number of quaternary nitrogens is 1. The molecular weight excluding hydrogens is 374 g/mol. The first-order valence-corrected chi connectivity index (χ1v) is 9.91. The highest BCUT2D eigenvalue weighted by atomic mass is 32.1. The predicted octanol–water partition coefficient (Wildman–Crippen LogP) is 2.11. The molecule has 0 radical (unpaired) electrons. The van der Waals surface area contributed by atoms with E-state index in [9.17, 15) is 4.79 Å². The summed E-state index contributed by atoms with van der Waals surface area (Å²) in [5.74, 6) is 1.76. The van der Waals surface area contributed by atoms with E-state index in [1.165, 1.54) is 4.88 Å². The highest BCUT2D eigenvalue weighted by Crippen LogP contribution is 2.32. The Morgan fingerprint density at radius 1 is 1.36 bits per heavy atom. The summed E-state index contributed by atoms with van der Waals surface area (Å²) in [6.07, 6.45) is 0. The molecule has 0 fully saturated rings. The van der Waals surface area contributed by atoms with Gasteiger partial charge in [0.2, 0.25) is 0 Å². The molecule has 2 heterocycles. The molecule has 148 valence electrons. The van der Waals surface area contributed by atoms with Gasteiger partial charge in [-0.15, -0.1) is 11.3 Å². The molecule has 0 aliphatic heterocycles. The van der Waals surface area contributed by atoms with Crippen molar-refractivity contribution in [3.63, 3.8) is 0 Å². The summed E-state index contributed by atoms with van der Waals surface area (Å²) in [5, 5.41) is 3.84. The lowest BCUT2D eigenvalue weighted by atomic mass is 10.2. The minimum absolute atomic E-state index is 0.0783. The number of carbonyl (C=O) groups is 1. The van der Waals surface area contributed by atoms with Crippen LogP contribution in [0.5, 0.6) is 5.75 Å². The minimum atomic E-state index is -0.0885. The summed E-state index contributed by atoms with van der Waals surface area (Å²) in [4.78, 5) is 24.7. The first kappa shape index (κ1) is 20.0. The van der Waals surface area contributed by atoms with Crippen molar-refractivity contribution in [2.75, 3.05) is 31.8 Å². The largest absolute Gasteiger partial charge is 0.497 e. The van der Waals surface area contributed by atoms with Crippen LogP contribution in [0.3, 0.4) is 0 Å². The van der Waals surface area contributed by atoms with Crippen molar-refractivity contribution in [3.8, 4) is 5.75 Å². The molecule has 0 saturated heterocycles. The van der Waals surface area contributed by atoms with Gasteiger partial charge in [-0.25, -0.2) is 9.97 Å². The number of hydrogen-bond donors (Lipinski definition) is 3. The second kappa shape index (κ2) is 8.12. The topological polar surface area (TPSA) is 94.6 Å². The third-order valence-electron chi connectivity index (χ3n) is 4.99. The maximum absolute atomic E-state index is 12.4. The van der Waals surface area contributed by atoms with E-state index in [2.05, 4.69) is 17.2 Å². The molecule has 4 N–H and O–H groups in total. The van der Waals surface area contributed by atoms with Gasteiger partial charge in [0.05, 0.1) is 19.5 Å². The van der Waals surface area contributed by atoms with Crippen LogP contribution < -0.4 is 20.7 Å². The third-order valence-corrected chi connectivity index (χ3v) is 6.09. The fraction of sp³-hybridized carbons (Fsp3) is 0.350. The second-order valence-electron chi connectivity index (χ2n) is 6.96. The van der Waals surface area contributed by atoms with Gasteiger partial charge in [0.15, 0.2) is 12.4 Å². The van der Waals surface area contributed by atoms with Crippen molar-refractivity contribution >= 4 is 39.0 Å². The maximum atomic E-state index is 12.4. The SMILES string of the molecule is COc1cccc(NC(=O)C[NH+](C)C(C)c2nc(N)c3c(C)c(C)sc3n2)c1. The maximum Gasteiger partial charge on any atom is 0.279 e. The Hall–Kier alpha value is -2.71. The highest BCUT2D eigenvalue weighted by molar-refractivity contribution is 7.18. The number of hydrogen-bond acceptors (Lipinski definition) is 6. The molecule has 1 aromatic carbocycles. The van der Waals surface area contributed by atoms with Crippen LogP contribution in [-0.4, -0.2) is 36.6 Å². The Balaban J connectivity index is 1.72. The Morgan fingerprint density at radius 3 is 2.82 bits per heavy atom. The van der Waals surface area contributed by atoms with E-state index in [-0.39, 0.29) is 18.5 Å². The smallest absolute Gasteiger partial charge is 0.279 e. The zero-order chi connectivity index (χ0) is 20.4. The Morgan fingerprint density at radius 2 is 2.11 bits per heavy atom. The predicted molar refractivity (Wildman–Crippen MR) is 113 cm³/mol. The van der Waals surface area contributed by atoms with Crippen LogP contribution in [0.25, 0.3) is 10.2 Å². The van der Waals surface area contributed by atoms with Crippen molar-refractivity contribution in [2.24, 2.45) is 0 Å². The fourth-order valence-electron chi connectivity index (χ4n) is 3.02. The van der Waals surface area contributed by atoms with Gasteiger partial charge in [-0.2, -0.15) is 0 Å². The van der Waals surface area contributed by atoms with Gasteiger partial charge in [0, 0.05) is 16.6 Å². The van der Waals surface area contributed by atoms with E-state index in [0.717, 1.165) is 20.7 Å². The number of nitrogen functional groups attached to an aromatic ring is 1. The number of fused-ring (bicyclic) bond motifs is 1. The van der Waals surface area contributed by atoms with Gasteiger partial charge in [0.25, 0.3) is 5.91 Å². The molecule has 0 bridgehead atoms. The number of amides is 1. The number of rotatable bonds is 6. The number of likely N-dealkylation sites (N-methyl/N-ethyl adjacent to an activating group) is 1. The lowest BCUT2D eigenvalue weighted by Crippen LogP contribution is -3.10. The van der Waals surface area contributed by atoms with Crippen LogP contribution in [-0.2, 0) is 4.79 Å². The number of nitrogens with one attached hydrogen (secondary N) is 2. The number of nitrogens with zero attached hydrogens (tertiary/aromatic N) is 2. The van der Waals surface area contributed by atoms with E-state index in [1.807, 2.05) is 39.1 Å². The molecule has 1 amide bonds. The number of ether oxygens (including phenoxy) is 1. The summed E-state index contributed by atoms with van der Waals surface area (Å²) in [6, 6.07) is 7.21. The molecular formula is C20H26N5O2S+. The van der Waals surface area contributed by atoms with Crippen molar-refractivity contribution in [2.45, 2.75) is 26.8 Å². The van der Waals surface area contributed by atoms with Crippen LogP contribution in [0.1, 0.15) is 29.2 Å². The first-order valence-electron chi connectivity index (χ1n) is 9.09. The van der Waals surface area contributed by atoms with Gasteiger partial charge < -0.3 is 20.7 Å². The molecule has 8 heteroatoms. The zero-order valence-corrected chi connectivity index (χ0v) is 17.6. The van der Waals surface area contributed by atoms with E-state index in [0.29, 0.717) is 23.1 Å². The number of benzene rings is 1. The number of nitrogens with two attached hydrogens (primary N) is 1. The third kappa shape index (κ3) is 4.07. The van der Waals surface area contributed by atoms with Gasteiger partial charge in [-0.1, -0.05) is 6.07 Å². The molecule has 0 saturated carbocycles. The summed E-state index contributed by atoms with van der Waals surface area (Å²) >= 11 is 1.62. The van der Waals surface area contributed by atoms with Crippen molar-refractivity contribution in [1.82, 2.24) is 9.97 Å². The molecule has 2 unspecified atom stereocenters. The summed E-state index contributed by atoms with van der Waals surface area (Å²) in [5.41, 5.74) is 8.03. The van der Waals surface area contributed by atoms with Crippen LogP contribution in [0, 0.1) is 13.8 Å². The van der Waals surface area contributed by atoms with Gasteiger partial charge >= 0.3 is 0 Å². The molecule has 0 aliphatic rings. The lowest BCUT2D eigenvalue weighted by molar-refractivity contribution is -0.902. The molecule has 7 nitrogen and oxygen atoms in total. The number of anilines is 2. The van der Waals surface area contributed by atoms with Crippen molar-refractivity contribution in [3.05, 3.63) is 40.5 Å². The van der Waals surface area contributed by atoms with E-state index < -0.39 is 0 Å². The average molecular weight is 401 g/mol. The molecule has 0 spiro atoms. The average Bonchev–Trinajstić information content (AvgIpc) is 2.95. The number of methoxy groups -OCH3 is 1. The van der Waals surface area contributed by atoms with Crippen LogP contribution >= 0.6 is 11.3 Å². The first-order chi connectivity index (χ1) is 13.3. The van der Waals surface area contributed by atoms with Gasteiger partial charge in [0.1, 0.15) is 22.4 Å². The summed E-state index contributed by atoms with van der Waals surface area (Å²) in [6.45, 7) is 6.38. The molecule has 3 rings (SSSR count). The van der Waals surface area contributed by atoms with Crippen LogP contribution in [0.15, 0.2) is 24.3 Å². The Labute approximate surface area is 168 Å². The normalized spacial score (nSPS) is 13.3. The lowest BCUT2D eigenvalue weighted by Gasteiger charge is -2.20. The van der Waals surface area contributed by atoms with Crippen LogP contribution in [0.4, 0.5) is 11.5 Å².